The van der Waals surface area contributed by atoms with Crippen LogP contribution in [0.15, 0.2) is 24.3 Å². The van der Waals surface area contributed by atoms with Crippen LogP contribution in [0.5, 0.6) is 28.7 Å². The summed E-state index contributed by atoms with van der Waals surface area (Å²) in [5.74, 6) is 0.289. The van der Waals surface area contributed by atoms with Crippen molar-refractivity contribution in [1.29, 1.82) is 0 Å². The first-order chi connectivity index (χ1) is 20.8. The first-order valence-corrected chi connectivity index (χ1v) is 14.2. The molecular formula is C30H34O13. The second-order valence-corrected chi connectivity index (χ2v) is 11.2. The van der Waals surface area contributed by atoms with Crippen LogP contribution in [0.3, 0.4) is 0 Å². The van der Waals surface area contributed by atoms with Crippen LogP contribution >= 0.6 is 0 Å². The zero-order chi connectivity index (χ0) is 30.0. The third-order valence-electron chi connectivity index (χ3n) is 8.93. The van der Waals surface area contributed by atoms with Gasteiger partial charge in [0.15, 0.2) is 35.6 Å². The number of aliphatic hydroxyl groups is 2. The molecule has 5 aliphatic rings. The number of esters is 1. The molecule has 0 aromatic heterocycles. The third-order valence-corrected chi connectivity index (χ3v) is 8.93. The fourth-order valence-electron chi connectivity index (χ4n) is 6.92. The van der Waals surface area contributed by atoms with Crippen molar-refractivity contribution in [3.63, 3.8) is 0 Å². The Morgan fingerprint density at radius 1 is 0.837 bits per heavy atom. The summed E-state index contributed by atoms with van der Waals surface area (Å²) < 4.78 is 57.7. The predicted molar refractivity (Wildman–Crippen MR) is 143 cm³/mol. The highest BCUT2D eigenvalue weighted by Crippen LogP contribution is 2.57. The summed E-state index contributed by atoms with van der Waals surface area (Å²) >= 11 is 0. The molecule has 0 amide bonds. The minimum atomic E-state index is -1.42. The highest BCUT2D eigenvalue weighted by atomic mass is 16.8. The van der Waals surface area contributed by atoms with E-state index in [0.717, 1.165) is 11.1 Å². The Hall–Kier alpha value is -3.33. The van der Waals surface area contributed by atoms with E-state index >= 15 is 0 Å². The van der Waals surface area contributed by atoms with Crippen molar-refractivity contribution in [2.45, 2.75) is 55.9 Å². The molecule has 1 unspecified atom stereocenters. The quantitative estimate of drug-likeness (QED) is 0.462. The molecule has 4 aliphatic heterocycles. The number of rotatable bonds is 6. The van der Waals surface area contributed by atoms with Gasteiger partial charge in [0.2, 0.25) is 12.5 Å². The van der Waals surface area contributed by atoms with E-state index in [-0.39, 0.29) is 20.0 Å². The Morgan fingerprint density at radius 3 is 2.21 bits per heavy atom. The fourth-order valence-corrected chi connectivity index (χ4v) is 6.92. The van der Waals surface area contributed by atoms with Crippen LogP contribution in [0.4, 0.5) is 0 Å². The van der Waals surface area contributed by atoms with Gasteiger partial charge in [-0.25, -0.2) is 0 Å². The van der Waals surface area contributed by atoms with Crippen LogP contribution in [-0.2, 0) is 28.5 Å². The summed E-state index contributed by atoms with van der Waals surface area (Å²) in [6.45, 7) is 1.99. The van der Waals surface area contributed by atoms with Crippen LogP contribution in [0, 0.1) is 11.8 Å². The number of fused-ring (bicyclic) bond motifs is 4. The van der Waals surface area contributed by atoms with E-state index in [1.807, 2.05) is 24.3 Å². The van der Waals surface area contributed by atoms with E-state index in [0.29, 0.717) is 34.3 Å². The zero-order valence-electron chi connectivity index (χ0n) is 24.1. The molecule has 2 aromatic rings. The Balaban J connectivity index is 1.32. The standard InChI is InChI=1S/C30H34O13/c1-12-37-10-21-28(41-12)24(31)25(32)30(42-21)43-26-15-8-18-17(39-11-40-18)7-14(15)22(23-16(26)9-38-29(23)33)13-5-19(34-2)27(36-4)20(6-13)35-3/h5-8,12,16,21-26,28,30-32H,9-11H2,1-4H3/t12?,16-,21+,22+,23-,24+,25+,26-,28+,30-/m0/s1. The minimum Gasteiger partial charge on any atom is -0.493 e. The van der Waals surface area contributed by atoms with Crippen molar-refractivity contribution in [3.8, 4) is 28.7 Å². The van der Waals surface area contributed by atoms with E-state index in [4.69, 9.17) is 47.4 Å². The largest absolute Gasteiger partial charge is 0.493 e. The molecule has 0 saturated carbocycles. The van der Waals surface area contributed by atoms with Gasteiger partial charge < -0.3 is 57.6 Å². The molecule has 0 spiro atoms. The molecule has 3 fully saturated rings. The molecule has 3 saturated heterocycles. The molecule has 4 heterocycles. The maximum Gasteiger partial charge on any atom is 0.310 e. The number of aliphatic hydroxyl groups excluding tert-OH is 2. The van der Waals surface area contributed by atoms with Gasteiger partial charge in [0.25, 0.3) is 0 Å². The van der Waals surface area contributed by atoms with Gasteiger partial charge in [-0.15, -0.1) is 0 Å². The van der Waals surface area contributed by atoms with Crippen molar-refractivity contribution in [2.24, 2.45) is 11.8 Å². The summed E-state index contributed by atoms with van der Waals surface area (Å²) in [5.41, 5.74) is 2.19. The van der Waals surface area contributed by atoms with Crippen molar-refractivity contribution < 1.29 is 62.4 Å². The van der Waals surface area contributed by atoms with Crippen LogP contribution < -0.4 is 23.7 Å². The zero-order valence-corrected chi connectivity index (χ0v) is 24.1. The van der Waals surface area contributed by atoms with E-state index in [2.05, 4.69) is 0 Å². The number of cyclic esters (lactones) is 1. The molecule has 7 rings (SSSR count). The smallest absolute Gasteiger partial charge is 0.310 e. The van der Waals surface area contributed by atoms with E-state index in [1.165, 1.54) is 21.3 Å². The monoisotopic (exact) mass is 602 g/mol. The molecule has 13 heteroatoms. The number of ether oxygens (including phenoxy) is 10. The average molecular weight is 603 g/mol. The van der Waals surface area contributed by atoms with E-state index in [9.17, 15) is 15.0 Å². The first kappa shape index (κ1) is 28.4. The highest BCUT2D eigenvalue weighted by Gasteiger charge is 2.56. The molecule has 0 bridgehead atoms. The maximum atomic E-state index is 13.5. The van der Waals surface area contributed by atoms with Crippen molar-refractivity contribution in [3.05, 3.63) is 41.0 Å². The van der Waals surface area contributed by atoms with Gasteiger partial charge in [-0.3, -0.25) is 4.79 Å². The Morgan fingerprint density at radius 2 is 1.53 bits per heavy atom. The SMILES string of the molecule is COc1cc([C@@H]2c3cc4c(cc3[C@H](O[C@@H]3O[C@@H]5COC(C)O[C@H]5[C@H](O)[C@H]3O)[C@H]3COC(=O)[C@H]23)OCO4)cc(OC)c1OC. The van der Waals surface area contributed by atoms with Crippen molar-refractivity contribution >= 4 is 5.97 Å². The summed E-state index contributed by atoms with van der Waals surface area (Å²) in [5, 5.41) is 22.0. The summed E-state index contributed by atoms with van der Waals surface area (Å²) in [6, 6.07) is 7.31. The lowest BCUT2D eigenvalue weighted by Crippen LogP contribution is -2.63. The highest BCUT2D eigenvalue weighted by molar-refractivity contribution is 5.79. The predicted octanol–water partition coefficient (Wildman–Crippen LogP) is 1.64. The second kappa shape index (κ2) is 11.0. The lowest BCUT2D eigenvalue weighted by Gasteiger charge is -2.47. The van der Waals surface area contributed by atoms with Gasteiger partial charge in [0.05, 0.1) is 46.6 Å². The summed E-state index contributed by atoms with van der Waals surface area (Å²) in [7, 11) is 4.58. The molecule has 0 radical (unpaired) electrons. The minimum absolute atomic E-state index is 0.0473. The van der Waals surface area contributed by atoms with Crippen LogP contribution in [0.2, 0.25) is 0 Å². The molecular weight excluding hydrogens is 568 g/mol. The molecule has 232 valence electrons. The third kappa shape index (κ3) is 4.57. The van der Waals surface area contributed by atoms with E-state index in [1.54, 1.807) is 6.92 Å². The van der Waals surface area contributed by atoms with Crippen molar-refractivity contribution in [2.75, 3.05) is 41.3 Å². The average Bonchev–Trinajstić information content (AvgIpc) is 3.64. The number of hydrogen-bond acceptors (Lipinski definition) is 13. The van der Waals surface area contributed by atoms with Crippen LogP contribution in [0.25, 0.3) is 0 Å². The van der Waals surface area contributed by atoms with Gasteiger partial charge >= 0.3 is 5.97 Å². The number of carbonyl (C=O) groups excluding carboxylic acids is 1. The topological polar surface area (TPSA) is 150 Å². The molecule has 10 atom stereocenters. The first-order valence-electron chi connectivity index (χ1n) is 14.2. The molecule has 1 aliphatic carbocycles. The molecule has 2 N–H and O–H groups in total. The van der Waals surface area contributed by atoms with Crippen LogP contribution in [0.1, 0.15) is 35.6 Å². The number of benzene rings is 2. The fraction of sp³-hybridized carbons (Fsp3) is 0.567. The van der Waals surface area contributed by atoms with Gasteiger partial charge in [-0.2, -0.15) is 0 Å². The Kier molecular flexibility index (Phi) is 7.27. The second-order valence-electron chi connectivity index (χ2n) is 11.2. The number of carbonyl (C=O) groups is 1. The summed E-state index contributed by atoms with van der Waals surface area (Å²) in [4.78, 5) is 13.5. The summed E-state index contributed by atoms with van der Waals surface area (Å²) in [6.07, 6.45) is -6.70. The van der Waals surface area contributed by atoms with Gasteiger partial charge in [-0.05, 0) is 47.9 Å². The van der Waals surface area contributed by atoms with Crippen LogP contribution in [-0.4, -0.2) is 94.5 Å². The number of hydrogen-bond donors (Lipinski definition) is 2. The van der Waals surface area contributed by atoms with Gasteiger partial charge in [0.1, 0.15) is 24.4 Å². The van der Waals surface area contributed by atoms with Gasteiger partial charge in [0, 0.05) is 11.8 Å². The molecule has 13 nitrogen and oxygen atoms in total. The lowest BCUT2D eigenvalue weighted by molar-refractivity contribution is -0.364. The lowest BCUT2D eigenvalue weighted by atomic mass is 9.66. The van der Waals surface area contributed by atoms with E-state index < -0.39 is 66.8 Å². The Bertz CT molecular complexity index is 1370. The number of methoxy groups -OCH3 is 3. The maximum absolute atomic E-state index is 13.5. The molecule has 43 heavy (non-hydrogen) atoms. The molecule has 2 aromatic carbocycles. The Labute approximate surface area is 247 Å². The normalized spacial score (nSPS) is 35.8. The van der Waals surface area contributed by atoms with Crippen molar-refractivity contribution in [1.82, 2.24) is 0 Å². The van der Waals surface area contributed by atoms with Gasteiger partial charge in [-0.1, -0.05) is 0 Å².